The van der Waals surface area contributed by atoms with E-state index >= 15 is 0 Å². The van der Waals surface area contributed by atoms with Crippen molar-refractivity contribution in [2.24, 2.45) is 0 Å². The van der Waals surface area contributed by atoms with Gasteiger partial charge < -0.3 is 5.11 Å². The molecule has 88 valence electrons. The lowest BCUT2D eigenvalue weighted by atomic mass is 9.98. The number of thiazole rings is 1. The molecule has 16 heavy (non-hydrogen) atoms. The van der Waals surface area contributed by atoms with Crippen LogP contribution in [0.1, 0.15) is 43.3 Å². The molecule has 0 saturated heterocycles. The van der Waals surface area contributed by atoms with Gasteiger partial charge in [-0.1, -0.05) is 27.7 Å². The number of aromatic nitrogens is 1. The minimum absolute atomic E-state index is 0.0178. The van der Waals surface area contributed by atoms with Crippen LogP contribution >= 0.6 is 11.3 Å². The van der Waals surface area contributed by atoms with Crippen molar-refractivity contribution in [1.82, 2.24) is 4.98 Å². The van der Waals surface area contributed by atoms with Crippen LogP contribution < -0.4 is 0 Å². The molecule has 0 spiro atoms. The van der Waals surface area contributed by atoms with Gasteiger partial charge in [-0.15, -0.1) is 11.3 Å². The summed E-state index contributed by atoms with van der Waals surface area (Å²) in [5, 5.41) is 9.65. The second kappa shape index (κ2) is 4.78. The summed E-state index contributed by atoms with van der Waals surface area (Å²) in [6.07, 6.45) is 3.62. The Kier molecular flexibility index (Phi) is 3.86. The van der Waals surface area contributed by atoms with Crippen molar-refractivity contribution in [3.05, 3.63) is 21.7 Å². The minimum Gasteiger partial charge on any atom is -0.478 e. The predicted octanol–water partition coefficient (Wildman–Crippen LogP) is 3.10. The molecule has 0 unspecified atom stereocenters. The summed E-state index contributed by atoms with van der Waals surface area (Å²) in [6, 6.07) is 0. The molecule has 0 aliphatic heterocycles. The van der Waals surface area contributed by atoms with Gasteiger partial charge in [0.05, 0.1) is 15.6 Å². The van der Waals surface area contributed by atoms with E-state index in [0.29, 0.717) is 0 Å². The van der Waals surface area contributed by atoms with Crippen LogP contribution in [0.5, 0.6) is 0 Å². The fraction of sp³-hybridized carbons (Fsp3) is 0.500. The lowest BCUT2D eigenvalue weighted by molar-refractivity contribution is -0.131. The molecule has 0 aliphatic rings. The van der Waals surface area contributed by atoms with Gasteiger partial charge in [-0.05, 0) is 12.5 Å². The molecule has 4 heteroatoms. The third-order valence-electron chi connectivity index (χ3n) is 2.08. The maximum atomic E-state index is 10.5. The number of hydrogen-bond acceptors (Lipinski definition) is 3. The second-order valence-electron chi connectivity index (χ2n) is 4.61. The Hall–Kier alpha value is -1.16. The molecule has 0 bridgehead atoms. The van der Waals surface area contributed by atoms with Crippen molar-refractivity contribution in [1.29, 1.82) is 0 Å². The summed E-state index contributed by atoms with van der Waals surface area (Å²) < 4.78 is 0. The van der Waals surface area contributed by atoms with Crippen LogP contribution in [-0.2, 0) is 16.6 Å². The molecule has 1 heterocycles. The highest BCUT2D eigenvalue weighted by molar-refractivity contribution is 7.12. The van der Waals surface area contributed by atoms with Gasteiger partial charge in [0, 0.05) is 11.5 Å². The molecule has 1 aromatic heterocycles. The molecule has 3 nitrogen and oxygen atoms in total. The van der Waals surface area contributed by atoms with Gasteiger partial charge in [0.25, 0.3) is 0 Å². The van der Waals surface area contributed by atoms with Crippen molar-refractivity contribution >= 4 is 23.4 Å². The van der Waals surface area contributed by atoms with Gasteiger partial charge in [0.15, 0.2) is 0 Å². The number of carboxylic acids is 1. The first kappa shape index (κ1) is 12.9. The Morgan fingerprint density at radius 1 is 1.50 bits per heavy atom. The number of aryl methyl sites for hydroxylation is 1. The maximum absolute atomic E-state index is 10.5. The van der Waals surface area contributed by atoms with Gasteiger partial charge in [-0.2, -0.15) is 0 Å². The summed E-state index contributed by atoms with van der Waals surface area (Å²) in [6.45, 7) is 8.35. The van der Waals surface area contributed by atoms with Crippen molar-refractivity contribution in [3.63, 3.8) is 0 Å². The normalized spacial score (nSPS) is 12.2. The third-order valence-corrected chi connectivity index (χ3v) is 3.57. The standard InChI is InChI=1S/C12H17NO2S/c1-5-8-9(6-7-10(14)15)16-11(13-8)12(2,3)4/h6-7H,5H2,1-4H3,(H,14,15)/b7-6+. The van der Waals surface area contributed by atoms with Gasteiger partial charge in [-0.3, -0.25) is 0 Å². The molecule has 0 saturated carbocycles. The molecule has 1 aromatic rings. The topological polar surface area (TPSA) is 50.2 Å². The predicted molar refractivity (Wildman–Crippen MR) is 66.9 cm³/mol. The van der Waals surface area contributed by atoms with E-state index in [2.05, 4.69) is 25.8 Å². The fourth-order valence-electron chi connectivity index (χ4n) is 1.21. The Morgan fingerprint density at radius 3 is 2.56 bits per heavy atom. The van der Waals surface area contributed by atoms with E-state index in [0.717, 1.165) is 22.0 Å². The van der Waals surface area contributed by atoms with Crippen molar-refractivity contribution in [3.8, 4) is 0 Å². The summed E-state index contributed by atoms with van der Waals surface area (Å²) in [5.41, 5.74) is 0.997. The van der Waals surface area contributed by atoms with Gasteiger partial charge >= 0.3 is 5.97 Å². The average Bonchev–Trinajstić information content (AvgIpc) is 2.56. The highest BCUT2D eigenvalue weighted by atomic mass is 32.1. The molecular formula is C12H17NO2S. The summed E-state index contributed by atoms with van der Waals surface area (Å²) in [4.78, 5) is 16.0. The number of carbonyl (C=O) groups is 1. The van der Waals surface area contributed by atoms with Crippen LogP contribution in [0.3, 0.4) is 0 Å². The van der Waals surface area contributed by atoms with Crippen LogP contribution in [0.2, 0.25) is 0 Å². The number of nitrogens with zero attached hydrogens (tertiary/aromatic N) is 1. The van der Waals surface area contributed by atoms with Gasteiger partial charge in [-0.25, -0.2) is 9.78 Å². The summed E-state index contributed by atoms with van der Waals surface area (Å²) in [7, 11) is 0. The Bertz CT molecular complexity index is 413. The van der Waals surface area contributed by atoms with Crippen LogP contribution in [0.4, 0.5) is 0 Å². The van der Waals surface area contributed by atoms with E-state index in [4.69, 9.17) is 5.11 Å². The summed E-state index contributed by atoms with van der Waals surface area (Å²) in [5.74, 6) is -0.923. The van der Waals surface area contributed by atoms with E-state index < -0.39 is 5.97 Å². The smallest absolute Gasteiger partial charge is 0.328 e. The number of carboxylic acid groups (broad SMARTS) is 1. The van der Waals surface area contributed by atoms with Crippen molar-refractivity contribution < 1.29 is 9.90 Å². The van der Waals surface area contributed by atoms with Crippen molar-refractivity contribution in [2.75, 3.05) is 0 Å². The molecule has 1 N–H and O–H groups in total. The Labute approximate surface area is 99.8 Å². The van der Waals surface area contributed by atoms with Gasteiger partial charge in [0.2, 0.25) is 0 Å². The minimum atomic E-state index is -0.923. The molecule has 0 fully saturated rings. The first-order chi connectivity index (χ1) is 7.34. The first-order valence-electron chi connectivity index (χ1n) is 5.25. The number of rotatable bonds is 3. The molecule has 0 amide bonds. The SMILES string of the molecule is CCc1nc(C(C)(C)C)sc1/C=C/C(=O)O. The second-order valence-corrected chi connectivity index (χ2v) is 5.64. The van der Waals surface area contributed by atoms with E-state index in [-0.39, 0.29) is 5.41 Å². The summed E-state index contributed by atoms with van der Waals surface area (Å²) >= 11 is 1.57. The van der Waals surface area contributed by atoms with Crippen LogP contribution in [0.25, 0.3) is 6.08 Å². The van der Waals surface area contributed by atoms with Crippen molar-refractivity contribution in [2.45, 2.75) is 39.5 Å². The third kappa shape index (κ3) is 3.17. The first-order valence-corrected chi connectivity index (χ1v) is 6.07. The molecular weight excluding hydrogens is 222 g/mol. The lowest BCUT2D eigenvalue weighted by Gasteiger charge is -2.13. The number of hydrogen-bond donors (Lipinski definition) is 1. The largest absolute Gasteiger partial charge is 0.478 e. The molecule has 0 aromatic carbocycles. The van der Waals surface area contributed by atoms with E-state index in [9.17, 15) is 4.79 Å². The fourth-order valence-corrected chi connectivity index (χ4v) is 2.33. The lowest BCUT2D eigenvalue weighted by Crippen LogP contribution is -2.10. The highest BCUT2D eigenvalue weighted by Gasteiger charge is 2.20. The van der Waals surface area contributed by atoms with Crippen LogP contribution in [0, 0.1) is 0 Å². The zero-order chi connectivity index (χ0) is 12.3. The van der Waals surface area contributed by atoms with Gasteiger partial charge in [0.1, 0.15) is 0 Å². The quantitative estimate of drug-likeness (QED) is 0.824. The average molecular weight is 239 g/mol. The monoisotopic (exact) mass is 239 g/mol. The Balaban J connectivity index is 3.09. The molecule has 0 aliphatic carbocycles. The van der Waals surface area contributed by atoms with E-state index in [1.54, 1.807) is 17.4 Å². The number of aliphatic carboxylic acids is 1. The van der Waals surface area contributed by atoms with E-state index in [1.165, 1.54) is 6.08 Å². The maximum Gasteiger partial charge on any atom is 0.328 e. The van der Waals surface area contributed by atoms with E-state index in [1.807, 2.05) is 6.92 Å². The van der Waals surface area contributed by atoms with Crippen LogP contribution in [0.15, 0.2) is 6.08 Å². The molecule has 0 radical (unpaired) electrons. The van der Waals surface area contributed by atoms with Crippen LogP contribution in [-0.4, -0.2) is 16.1 Å². The molecule has 0 atom stereocenters. The zero-order valence-electron chi connectivity index (χ0n) is 10.1. The highest BCUT2D eigenvalue weighted by Crippen LogP contribution is 2.30. The Morgan fingerprint density at radius 2 is 2.12 bits per heavy atom. The zero-order valence-corrected chi connectivity index (χ0v) is 10.9. The molecule has 1 rings (SSSR count).